The van der Waals surface area contributed by atoms with Crippen LogP contribution >= 0.6 is 11.6 Å². The molecule has 0 spiro atoms. The van der Waals surface area contributed by atoms with E-state index in [1.165, 1.54) is 24.3 Å². The van der Waals surface area contributed by atoms with Gasteiger partial charge in [0.25, 0.3) is 0 Å². The first-order valence-corrected chi connectivity index (χ1v) is 8.88. The quantitative estimate of drug-likeness (QED) is 0.829. The van der Waals surface area contributed by atoms with Crippen LogP contribution in [0, 0.1) is 5.92 Å². The van der Waals surface area contributed by atoms with Gasteiger partial charge in [-0.15, -0.1) is 11.6 Å². The number of halogens is 3. The maximum atomic E-state index is 12.4. The SMILES string of the molecule is O=S(=O)(c1ccc(NCC2CCCC(Cl)C2)cc1)C(F)F. The summed E-state index contributed by atoms with van der Waals surface area (Å²) in [6.45, 7) is 0.754. The highest BCUT2D eigenvalue weighted by molar-refractivity contribution is 7.91. The molecule has 0 heterocycles. The molecule has 118 valence electrons. The molecule has 1 fully saturated rings. The molecule has 0 saturated heterocycles. The predicted molar refractivity (Wildman–Crippen MR) is 79.7 cm³/mol. The standard InChI is InChI=1S/C14H18ClF2NO2S/c15-11-3-1-2-10(8-11)9-18-12-4-6-13(7-5-12)21(19,20)14(16)17/h4-7,10-11,14,18H,1-3,8-9H2. The van der Waals surface area contributed by atoms with Gasteiger partial charge in [0.05, 0.1) is 4.90 Å². The molecule has 1 aliphatic rings. The Morgan fingerprint density at radius 1 is 1.24 bits per heavy atom. The summed E-state index contributed by atoms with van der Waals surface area (Å²) >= 11 is 6.13. The van der Waals surface area contributed by atoms with Crippen LogP contribution in [0.15, 0.2) is 29.2 Å². The molecule has 0 radical (unpaired) electrons. The maximum Gasteiger partial charge on any atom is 0.341 e. The van der Waals surface area contributed by atoms with E-state index in [1.807, 2.05) is 0 Å². The number of sulfone groups is 1. The topological polar surface area (TPSA) is 46.2 Å². The number of rotatable bonds is 5. The van der Waals surface area contributed by atoms with E-state index in [4.69, 9.17) is 11.6 Å². The van der Waals surface area contributed by atoms with Crippen LogP contribution in [0.5, 0.6) is 0 Å². The summed E-state index contributed by atoms with van der Waals surface area (Å²) in [5, 5.41) is 3.43. The molecule has 1 N–H and O–H groups in total. The molecule has 0 aliphatic heterocycles. The van der Waals surface area contributed by atoms with Crippen LogP contribution in [-0.4, -0.2) is 26.1 Å². The molecule has 0 bridgehead atoms. The zero-order chi connectivity index (χ0) is 15.5. The van der Waals surface area contributed by atoms with Gasteiger partial charge in [0.15, 0.2) is 0 Å². The van der Waals surface area contributed by atoms with E-state index in [0.717, 1.165) is 37.9 Å². The summed E-state index contributed by atoms with van der Waals surface area (Å²) in [5.41, 5.74) is 0.722. The highest BCUT2D eigenvalue weighted by Gasteiger charge is 2.26. The zero-order valence-corrected chi connectivity index (χ0v) is 13.0. The van der Waals surface area contributed by atoms with Crippen molar-refractivity contribution in [2.75, 3.05) is 11.9 Å². The minimum Gasteiger partial charge on any atom is -0.385 e. The Kier molecular flexibility index (Phi) is 5.43. The van der Waals surface area contributed by atoms with Crippen LogP contribution in [0.3, 0.4) is 0 Å². The zero-order valence-electron chi connectivity index (χ0n) is 11.4. The second-order valence-electron chi connectivity index (χ2n) is 5.34. The molecule has 21 heavy (non-hydrogen) atoms. The fourth-order valence-corrected chi connectivity index (χ4v) is 3.67. The third-order valence-corrected chi connectivity index (χ3v) is 5.53. The Morgan fingerprint density at radius 2 is 1.90 bits per heavy atom. The highest BCUT2D eigenvalue weighted by atomic mass is 35.5. The van der Waals surface area contributed by atoms with Gasteiger partial charge in [-0.1, -0.05) is 6.42 Å². The van der Waals surface area contributed by atoms with E-state index in [-0.39, 0.29) is 10.3 Å². The van der Waals surface area contributed by atoms with Crippen molar-refractivity contribution in [1.82, 2.24) is 0 Å². The Balaban J connectivity index is 1.94. The lowest BCUT2D eigenvalue weighted by molar-refractivity contribution is 0.234. The van der Waals surface area contributed by atoms with Crippen molar-refractivity contribution in [2.24, 2.45) is 5.92 Å². The molecule has 1 aromatic carbocycles. The number of alkyl halides is 3. The van der Waals surface area contributed by atoms with Gasteiger partial charge in [-0.3, -0.25) is 0 Å². The van der Waals surface area contributed by atoms with Crippen LogP contribution in [0.1, 0.15) is 25.7 Å². The smallest absolute Gasteiger partial charge is 0.341 e. The summed E-state index contributed by atoms with van der Waals surface area (Å²) in [6.07, 6.45) is 4.25. The minimum atomic E-state index is -4.51. The second-order valence-corrected chi connectivity index (χ2v) is 7.88. The lowest BCUT2D eigenvalue weighted by Gasteiger charge is -2.25. The molecule has 7 heteroatoms. The number of hydrogen-bond acceptors (Lipinski definition) is 3. The molecule has 3 nitrogen and oxygen atoms in total. The van der Waals surface area contributed by atoms with Crippen molar-refractivity contribution in [1.29, 1.82) is 0 Å². The van der Waals surface area contributed by atoms with Gasteiger partial charge in [0, 0.05) is 17.6 Å². The molecular formula is C14H18ClF2NO2S. The number of benzene rings is 1. The molecule has 0 amide bonds. The molecule has 2 unspecified atom stereocenters. The van der Waals surface area contributed by atoms with E-state index >= 15 is 0 Å². The van der Waals surface area contributed by atoms with Crippen LogP contribution < -0.4 is 5.32 Å². The van der Waals surface area contributed by atoms with E-state index in [1.54, 1.807) is 0 Å². The third-order valence-electron chi connectivity index (χ3n) is 3.73. The molecule has 2 rings (SSSR count). The van der Waals surface area contributed by atoms with Crippen LogP contribution in [0.4, 0.5) is 14.5 Å². The van der Waals surface area contributed by atoms with Crippen molar-refractivity contribution in [3.63, 3.8) is 0 Å². The Bertz CT molecular complexity index is 563. The van der Waals surface area contributed by atoms with Gasteiger partial charge < -0.3 is 5.32 Å². The van der Waals surface area contributed by atoms with E-state index in [2.05, 4.69) is 5.32 Å². The van der Waals surface area contributed by atoms with Crippen molar-refractivity contribution in [2.45, 2.75) is 41.7 Å². The van der Waals surface area contributed by atoms with Crippen molar-refractivity contribution in [3.05, 3.63) is 24.3 Å². The van der Waals surface area contributed by atoms with Gasteiger partial charge in [0.1, 0.15) is 0 Å². The molecular weight excluding hydrogens is 320 g/mol. The Hall–Kier alpha value is -0.880. The first-order chi connectivity index (χ1) is 9.89. The molecule has 1 aromatic rings. The van der Waals surface area contributed by atoms with Crippen LogP contribution in [0.25, 0.3) is 0 Å². The van der Waals surface area contributed by atoms with E-state index < -0.39 is 15.6 Å². The van der Waals surface area contributed by atoms with Crippen LogP contribution in [-0.2, 0) is 9.84 Å². The normalized spacial score (nSPS) is 23.2. The first kappa shape index (κ1) is 16.5. The second kappa shape index (κ2) is 6.92. The fraction of sp³-hybridized carbons (Fsp3) is 0.571. The molecule has 2 atom stereocenters. The van der Waals surface area contributed by atoms with Crippen molar-refractivity contribution in [3.8, 4) is 0 Å². The van der Waals surface area contributed by atoms with Gasteiger partial charge in [-0.2, -0.15) is 8.78 Å². The van der Waals surface area contributed by atoms with Crippen molar-refractivity contribution >= 4 is 27.1 Å². The van der Waals surface area contributed by atoms with Gasteiger partial charge in [0.2, 0.25) is 9.84 Å². The Morgan fingerprint density at radius 3 is 2.48 bits per heavy atom. The molecule has 1 aliphatic carbocycles. The number of hydrogen-bond donors (Lipinski definition) is 1. The maximum absolute atomic E-state index is 12.4. The van der Waals surface area contributed by atoms with Gasteiger partial charge >= 0.3 is 5.76 Å². The Labute approximate surface area is 128 Å². The molecule has 0 aromatic heterocycles. The summed E-state index contributed by atoms with van der Waals surface area (Å²) < 4.78 is 47.4. The summed E-state index contributed by atoms with van der Waals surface area (Å²) in [4.78, 5) is -0.360. The lowest BCUT2D eigenvalue weighted by Crippen LogP contribution is -2.22. The van der Waals surface area contributed by atoms with Gasteiger partial charge in [-0.25, -0.2) is 8.42 Å². The van der Waals surface area contributed by atoms with Crippen molar-refractivity contribution < 1.29 is 17.2 Å². The third kappa shape index (κ3) is 4.30. The minimum absolute atomic E-state index is 0.226. The monoisotopic (exact) mass is 337 g/mol. The molecule has 1 saturated carbocycles. The average Bonchev–Trinajstić information content (AvgIpc) is 2.45. The highest BCUT2D eigenvalue weighted by Crippen LogP contribution is 2.28. The predicted octanol–water partition coefficient (Wildman–Crippen LogP) is 3.89. The number of nitrogens with one attached hydrogen (secondary N) is 1. The van der Waals surface area contributed by atoms with Crippen LogP contribution in [0.2, 0.25) is 0 Å². The summed E-state index contributed by atoms with van der Waals surface area (Å²) in [6, 6.07) is 5.43. The van der Waals surface area contributed by atoms with E-state index in [0.29, 0.717) is 5.92 Å². The fourth-order valence-electron chi connectivity index (χ4n) is 2.54. The lowest BCUT2D eigenvalue weighted by atomic mass is 9.89. The largest absolute Gasteiger partial charge is 0.385 e. The van der Waals surface area contributed by atoms with Gasteiger partial charge in [-0.05, 0) is 49.4 Å². The summed E-state index contributed by atoms with van der Waals surface area (Å²) in [5.74, 6) is -2.90. The van der Waals surface area contributed by atoms with E-state index in [9.17, 15) is 17.2 Å². The first-order valence-electron chi connectivity index (χ1n) is 6.89. The average molecular weight is 338 g/mol. The summed E-state index contributed by atoms with van der Waals surface area (Å²) in [7, 11) is -4.51. The number of anilines is 1.